The highest BCUT2D eigenvalue weighted by molar-refractivity contribution is 5.32. The number of nitrogens with zero attached hydrogens (tertiary/aromatic N) is 1. The molecule has 2 N–H and O–H groups in total. The van der Waals surface area contributed by atoms with E-state index in [2.05, 4.69) is 4.98 Å². The van der Waals surface area contributed by atoms with E-state index < -0.39 is 0 Å². The molecule has 1 saturated carbocycles. The fourth-order valence-electron chi connectivity index (χ4n) is 2.25. The molecule has 0 spiro atoms. The van der Waals surface area contributed by atoms with Crippen molar-refractivity contribution >= 4 is 0 Å². The third kappa shape index (κ3) is 3.09. The molecule has 4 heteroatoms. The molecule has 0 aliphatic heterocycles. The van der Waals surface area contributed by atoms with Gasteiger partial charge in [0.2, 0.25) is 0 Å². The summed E-state index contributed by atoms with van der Waals surface area (Å²) in [5.41, 5.74) is 6.11. The van der Waals surface area contributed by atoms with Crippen molar-refractivity contribution in [2.45, 2.75) is 37.6 Å². The summed E-state index contributed by atoms with van der Waals surface area (Å²) in [7, 11) is 1.61. The molecule has 1 heterocycles. The second kappa shape index (κ2) is 5.36. The number of nitrogens with two attached hydrogens (primary N) is 1. The first-order chi connectivity index (χ1) is 8.23. The number of ether oxygens (including phenoxy) is 2. The maximum absolute atomic E-state index is 6.30. The SMILES string of the molecule is COc1cccnc1OCC1(N)CCCCC1. The largest absolute Gasteiger partial charge is 0.491 e. The van der Waals surface area contributed by atoms with Crippen LogP contribution in [0, 0.1) is 0 Å². The Kier molecular flexibility index (Phi) is 3.84. The summed E-state index contributed by atoms with van der Waals surface area (Å²) >= 11 is 0. The van der Waals surface area contributed by atoms with Gasteiger partial charge in [0.25, 0.3) is 5.88 Å². The van der Waals surface area contributed by atoms with E-state index in [0.29, 0.717) is 18.2 Å². The topological polar surface area (TPSA) is 57.4 Å². The Labute approximate surface area is 102 Å². The summed E-state index contributed by atoms with van der Waals surface area (Å²) in [6, 6.07) is 3.66. The number of hydrogen-bond acceptors (Lipinski definition) is 4. The van der Waals surface area contributed by atoms with Crippen molar-refractivity contribution < 1.29 is 9.47 Å². The van der Waals surface area contributed by atoms with Crippen LogP contribution in [0.4, 0.5) is 0 Å². The fraction of sp³-hybridized carbons (Fsp3) is 0.615. The average molecular weight is 236 g/mol. The van der Waals surface area contributed by atoms with E-state index in [-0.39, 0.29) is 5.54 Å². The van der Waals surface area contributed by atoms with Crippen LogP contribution in [0.5, 0.6) is 11.6 Å². The lowest BCUT2D eigenvalue weighted by molar-refractivity contribution is 0.164. The van der Waals surface area contributed by atoms with E-state index in [1.807, 2.05) is 12.1 Å². The Morgan fingerprint density at radius 1 is 1.35 bits per heavy atom. The monoisotopic (exact) mass is 236 g/mol. The molecule has 2 rings (SSSR count). The molecule has 0 radical (unpaired) electrons. The van der Waals surface area contributed by atoms with Crippen molar-refractivity contribution in [3.05, 3.63) is 18.3 Å². The van der Waals surface area contributed by atoms with Crippen molar-refractivity contribution in [1.29, 1.82) is 0 Å². The Bertz CT molecular complexity index is 362. The molecule has 0 bridgehead atoms. The summed E-state index contributed by atoms with van der Waals surface area (Å²) in [6.45, 7) is 0.514. The van der Waals surface area contributed by atoms with Crippen molar-refractivity contribution in [2.24, 2.45) is 5.73 Å². The van der Waals surface area contributed by atoms with Crippen molar-refractivity contribution in [3.63, 3.8) is 0 Å². The van der Waals surface area contributed by atoms with Gasteiger partial charge in [-0.25, -0.2) is 4.98 Å². The van der Waals surface area contributed by atoms with Crippen LogP contribution in [0.3, 0.4) is 0 Å². The van der Waals surface area contributed by atoms with E-state index in [9.17, 15) is 0 Å². The summed E-state index contributed by atoms with van der Waals surface area (Å²) in [4.78, 5) is 4.16. The standard InChI is InChI=1S/C13H20N2O2/c1-16-11-6-5-9-15-12(11)17-10-13(14)7-3-2-4-8-13/h5-6,9H,2-4,7-8,10,14H2,1H3. The lowest BCUT2D eigenvalue weighted by Gasteiger charge is -2.32. The van der Waals surface area contributed by atoms with E-state index >= 15 is 0 Å². The molecule has 0 saturated heterocycles. The van der Waals surface area contributed by atoms with Crippen LogP contribution in [-0.4, -0.2) is 24.2 Å². The average Bonchev–Trinajstić information content (AvgIpc) is 2.38. The zero-order valence-electron chi connectivity index (χ0n) is 10.3. The van der Waals surface area contributed by atoms with E-state index in [1.165, 1.54) is 19.3 Å². The maximum Gasteiger partial charge on any atom is 0.257 e. The minimum absolute atomic E-state index is 0.194. The number of pyridine rings is 1. The summed E-state index contributed by atoms with van der Waals surface area (Å²) < 4.78 is 10.9. The first kappa shape index (κ1) is 12.2. The molecule has 1 aromatic rings. The first-order valence-corrected chi connectivity index (χ1v) is 6.14. The van der Waals surface area contributed by atoms with Gasteiger partial charge in [-0.2, -0.15) is 0 Å². The predicted octanol–water partition coefficient (Wildman–Crippen LogP) is 2.13. The quantitative estimate of drug-likeness (QED) is 0.870. The van der Waals surface area contributed by atoms with Gasteiger partial charge >= 0.3 is 0 Å². The van der Waals surface area contributed by atoms with Gasteiger partial charge in [0.1, 0.15) is 6.61 Å². The molecule has 1 aliphatic carbocycles. The van der Waals surface area contributed by atoms with Gasteiger partial charge in [0, 0.05) is 6.20 Å². The number of hydrogen-bond donors (Lipinski definition) is 1. The smallest absolute Gasteiger partial charge is 0.257 e. The molecular weight excluding hydrogens is 216 g/mol. The van der Waals surface area contributed by atoms with Gasteiger partial charge in [0.15, 0.2) is 5.75 Å². The van der Waals surface area contributed by atoms with Crippen LogP contribution >= 0.6 is 0 Å². The third-order valence-corrected chi connectivity index (χ3v) is 3.30. The van der Waals surface area contributed by atoms with Gasteiger partial charge in [-0.05, 0) is 25.0 Å². The Balaban J connectivity index is 1.96. The van der Waals surface area contributed by atoms with Gasteiger partial charge in [-0.15, -0.1) is 0 Å². The van der Waals surface area contributed by atoms with Crippen molar-refractivity contribution in [3.8, 4) is 11.6 Å². The zero-order valence-corrected chi connectivity index (χ0v) is 10.3. The highest BCUT2D eigenvalue weighted by atomic mass is 16.5. The summed E-state index contributed by atoms with van der Waals surface area (Å²) in [6.07, 6.45) is 7.43. The van der Waals surface area contributed by atoms with Crippen LogP contribution in [-0.2, 0) is 0 Å². The lowest BCUT2D eigenvalue weighted by Crippen LogP contribution is -2.47. The Hall–Kier alpha value is -1.29. The lowest BCUT2D eigenvalue weighted by atomic mass is 9.83. The van der Waals surface area contributed by atoms with Gasteiger partial charge < -0.3 is 15.2 Å². The molecule has 4 nitrogen and oxygen atoms in total. The first-order valence-electron chi connectivity index (χ1n) is 6.14. The van der Waals surface area contributed by atoms with Crippen molar-refractivity contribution in [1.82, 2.24) is 4.98 Å². The molecule has 17 heavy (non-hydrogen) atoms. The van der Waals surface area contributed by atoms with Crippen LogP contribution in [0.1, 0.15) is 32.1 Å². The molecule has 0 atom stereocenters. The van der Waals surface area contributed by atoms with Crippen molar-refractivity contribution in [2.75, 3.05) is 13.7 Å². The summed E-state index contributed by atoms with van der Waals surface area (Å²) in [5.74, 6) is 1.19. The normalized spacial score (nSPS) is 18.7. The highest BCUT2D eigenvalue weighted by Gasteiger charge is 2.28. The van der Waals surface area contributed by atoms with Gasteiger partial charge in [0.05, 0.1) is 12.6 Å². The molecule has 1 fully saturated rings. The molecule has 0 amide bonds. The Morgan fingerprint density at radius 3 is 2.82 bits per heavy atom. The van der Waals surface area contributed by atoms with E-state index in [1.54, 1.807) is 13.3 Å². The third-order valence-electron chi connectivity index (χ3n) is 3.30. The molecule has 0 unspecified atom stereocenters. The zero-order chi connectivity index (χ0) is 12.1. The Morgan fingerprint density at radius 2 is 2.12 bits per heavy atom. The van der Waals surface area contributed by atoms with Crippen LogP contribution in [0.25, 0.3) is 0 Å². The fourth-order valence-corrected chi connectivity index (χ4v) is 2.25. The van der Waals surface area contributed by atoms with Crippen LogP contribution in [0.15, 0.2) is 18.3 Å². The molecular formula is C13H20N2O2. The second-order valence-electron chi connectivity index (χ2n) is 4.72. The van der Waals surface area contributed by atoms with Crippen LogP contribution in [0.2, 0.25) is 0 Å². The number of rotatable bonds is 4. The van der Waals surface area contributed by atoms with Gasteiger partial charge in [-0.1, -0.05) is 19.3 Å². The van der Waals surface area contributed by atoms with E-state index in [0.717, 1.165) is 12.8 Å². The minimum atomic E-state index is -0.194. The minimum Gasteiger partial charge on any atom is -0.491 e. The molecule has 0 aromatic carbocycles. The summed E-state index contributed by atoms with van der Waals surface area (Å²) in [5, 5.41) is 0. The second-order valence-corrected chi connectivity index (χ2v) is 4.72. The predicted molar refractivity (Wildman–Crippen MR) is 66.3 cm³/mol. The van der Waals surface area contributed by atoms with Gasteiger partial charge in [-0.3, -0.25) is 0 Å². The van der Waals surface area contributed by atoms with Crippen LogP contribution < -0.4 is 15.2 Å². The molecule has 1 aromatic heterocycles. The number of methoxy groups -OCH3 is 1. The molecule has 94 valence electrons. The molecule has 1 aliphatic rings. The van der Waals surface area contributed by atoms with E-state index in [4.69, 9.17) is 15.2 Å². The number of aromatic nitrogens is 1. The maximum atomic E-state index is 6.30. The highest BCUT2D eigenvalue weighted by Crippen LogP contribution is 2.28.